The molecule has 0 aliphatic carbocycles. The van der Waals surface area contributed by atoms with Crippen LogP contribution in [-0.4, -0.2) is 93.3 Å². The number of fused-ring (bicyclic) bond motifs is 14. The van der Waals surface area contributed by atoms with E-state index in [0.717, 1.165) is 6.21 Å². The first-order valence-electron chi connectivity index (χ1n) is 18.0. The number of methoxy groups -OCH3 is 1. The Morgan fingerprint density at radius 2 is 1.70 bits per heavy atom. The molecule has 9 atom stereocenters. The molecule has 0 radical (unpaired) electrons. The van der Waals surface area contributed by atoms with Gasteiger partial charge in [-0.15, -0.1) is 6.42 Å². The summed E-state index contributed by atoms with van der Waals surface area (Å²) in [6, 6.07) is 0. The highest BCUT2D eigenvalue weighted by molar-refractivity contribution is 6.23. The Morgan fingerprint density at radius 3 is 2.32 bits per heavy atom. The molecule has 0 fully saturated rings. The van der Waals surface area contributed by atoms with Crippen LogP contribution in [0.5, 0.6) is 23.0 Å². The zero-order valence-electron chi connectivity index (χ0n) is 32.8. The molecule has 0 aromatic heterocycles. The van der Waals surface area contributed by atoms with Crippen molar-refractivity contribution in [2.45, 2.75) is 85.6 Å². The lowest BCUT2D eigenvalue weighted by Crippen LogP contribution is -2.46. The number of oxime groups is 1. The molecule has 3 aliphatic heterocycles. The number of phenolic OH excluding ortho intramolecular Hbond substituents is 3. The van der Waals surface area contributed by atoms with Crippen LogP contribution in [0.25, 0.3) is 10.8 Å². The smallest absolute Gasteiger partial charge is 0.312 e. The normalized spacial score (nSPS) is 30.9. The van der Waals surface area contributed by atoms with Gasteiger partial charge in [0.05, 0.1) is 53.0 Å². The Balaban J connectivity index is 1.97. The van der Waals surface area contributed by atoms with Crippen molar-refractivity contribution in [2.75, 3.05) is 19.0 Å². The summed E-state index contributed by atoms with van der Waals surface area (Å²) in [6.07, 6.45) is 9.55. The van der Waals surface area contributed by atoms with Crippen LogP contribution in [-0.2, 0) is 28.6 Å². The first kappa shape index (κ1) is 43.2. The van der Waals surface area contributed by atoms with Crippen LogP contribution in [0.1, 0.15) is 70.0 Å². The van der Waals surface area contributed by atoms with Crippen LogP contribution in [0.3, 0.4) is 0 Å². The number of anilines is 1. The number of carbonyl (C=O) groups is 3. The second-order valence-corrected chi connectivity index (χ2v) is 14.3. The van der Waals surface area contributed by atoms with Crippen molar-refractivity contribution in [3.63, 3.8) is 0 Å². The average Bonchev–Trinajstić information content (AvgIpc) is 3.42. The van der Waals surface area contributed by atoms with Gasteiger partial charge in [0.25, 0.3) is 11.7 Å². The van der Waals surface area contributed by atoms with Crippen LogP contribution in [0.2, 0.25) is 0 Å². The molecule has 5 rings (SSSR count). The number of ketones is 1. The van der Waals surface area contributed by atoms with Gasteiger partial charge in [-0.3, -0.25) is 14.4 Å². The van der Waals surface area contributed by atoms with Crippen molar-refractivity contribution < 1.29 is 63.7 Å². The molecule has 56 heavy (non-hydrogen) atoms. The van der Waals surface area contributed by atoms with E-state index in [-0.39, 0.29) is 51.1 Å². The number of aliphatic hydroxyl groups is 2. The number of aliphatic hydroxyl groups excluding tert-OH is 2. The topological polar surface area (TPSA) is 223 Å². The lowest BCUT2D eigenvalue weighted by molar-refractivity contribution is -0.160. The van der Waals surface area contributed by atoms with Crippen molar-refractivity contribution in [1.29, 1.82) is 0 Å². The quantitative estimate of drug-likeness (QED) is 0.0460. The van der Waals surface area contributed by atoms with E-state index in [2.05, 4.69) is 16.4 Å². The third kappa shape index (κ3) is 8.32. The lowest BCUT2D eigenvalue weighted by atomic mass is 9.78. The largest absolute Gasteiger partial charge is 0.507 e. The van der Waals surface area contributed by atoms with Gasteiger partial charge in [0, 0.05) is 61.2 Å². The lowest BCUT2D eigenvalue weighted by Gasteiger charge is -2.38. The standard InChI is InChI=1S/C41H50N2O13/c1-11-16-54-42-18-26-31-36(49)29-28(35(26)48)30-38(24(7)34(29)47)56-41(9,39(30)50)53-17-15-27(52-10)21(4)37(55-25(8)44)23(6)33(46)22(5)32(45)19(2)13-12-14-20(3)40(51)43-31/h1,12-15,17-19,21-23,27,32-33,37,45-49H,16H2,2-10H3,(H,43,51)/b13-12+,17-15+,20-14-,42-18+. The summed E-state index contributed by atoms with van der Waals surface area (Å²) in [5, 5.41) is 63.2. The summed E-state index contributed by atoms with van der Waals surface area (Å²) in [4.78, 5) is 45.1. The van der Waals surface area contributed by atoms with Crippen molar-refractivity contribution in [3.8, 4) is 35.3 Å². The molecule has 15 nitrogen and oxygen atoms in total. The van der Waals surface area contributed by atoms with E-state index >= 15 is 0 Å². The van der Waals surface area contributed by atoms with Crippen LogP contribution in [0.15, 0.2) is 41.3 Å². The maximum atomic E-state index is 14.3. The molecule has 0 saturated carbocycles. The molecule has 1 amide bonds. The van der Waals surface area contributed by atoms with Gasteiger partial charge in [0.15, 0.2) is 12.4 Å². The predicted molar refractivity (Wildman–Crippen MR) is 206 cm³/mol. The van der Waals surface area contributed by atoms with Gasteiger partial charge in [-0.25, -0.2) is 0 Å². The number of hydrogen-bond donors (Lipinski definition) is 6. The highest BCUT2D eigenvalue weighted by Gasteiger charge is 2.50. The van der Waals surface area contributed by atoms with Gasteiger partial charge in [0.2, 0.25) is 0 Å². The molecular formula is C41H50N2O13. The molecule has 2 aromatic carbocycles. The maximum absolute atomic E-state index is 14.3. The summed E-state index contributed by atoms with van der Waals surface area (Å²) in [6.45, 7) is 12.0. The maximum Gasteiger partial charge on any atom is 0.312 e. The number of nitrogens with zero attached hydrogens (tertiary/aromatic N) is 1. The van der Waals surface area contributed by atoms with Gasteiger partial charge in [0.1, 0.15) is 23.4 Å². The summed E-state index contributed by atoms with van der Waals surface area (Å²) >= 11 is 0. The van der Waals surface area contributed by atoms with E-state index in [0.29, 0.717) is 0 Å². The number of terminal acetylenes is 1. The van der Waals surface area contributed by atoms with Crippen molar-refractivity contribution in [1.82, 2.24) is 0 Å². The molecule has 3 aliphatic rings. The van der Waals surface area contributed by atoms with E-state index in [1.54, 1.807) is 39.8 Å². The monoisotopic (exact) mass is 778 g/mol. The van der Waals surface area contributed by atoms with Gasteiger partial charge in [-0.05, 0) is 19.9 Å². The molecule has 15 heteroatoms. The number of phenols is 3. The Hall–Kier alpha value is -5.56. The molecule has 5 bridgehead atoms. The molecule has 0 spiro atoms. The fourth-order valence-corrected chi connectivity index (χ4v) is 7.04. The molecule has 0 saturated heterocycles. The Bertz CT molecular complexity index is 2030. The molecule has 3 heterocycles. The molecule has 302 valence electrons. The first-order chi connectivity index (χ1) is 26.3. The number of ether oxygens (including phenoxy) is 4. The summed E-state index contributed by atoms with van der Waals surface area (Å²) < 4.78 is 23.4. The minimum absolute atomic E-state index is 0.0142. The molecule has 6 N–H and O–H groups in total. The summed E-state index contributed by atoms with van der Waals surface area (Å²) in [5.74, 6) is -6.64. The number of rotatable bonds is 5. The SMILES string of the molecule is C#CCO/N=C/c1c2c(O)c3c(O)c(C)c4c(c3c1O)C(=O)C(C)(O/C=C/C(OC)C(C)C(OC(C)=O)C(C)C(O)C(C)C(O)C(C)/C=C/C=C(/C)C(=O)N2)O4. The van der Waals surface area contributed by atoms with E-state index in [4.69, 9.17) is 30.2 Å². The number of allylic oxidation sites excluding steroid dienone is 2. The highest BCUT2D eigenvalue weighted by atomic mass is 16.7. The Labute approximate surface area is 325 Å². The van der Waals surface area contributed by atoms with Gasteiger partial charge in [-0.2, -0.15) is 0 Å². The van der Waals surface area contributed by atoms with Crippen molar-refractivity contribution in [2.24, 2.45) is 28.8 Å². The van der Waals surface area contributed by atoms with Gasteiger partial charge >= 0.3 is 11.8 Å². The molecular weight excluding hydrogens is 728 g/mol. The second kappa shape index (κ2) is 17.5. The fourth-order valence-electron chi connectivity index (χ4n) is 7.04. The van der Waals surface area contributed by atoms with E-state index in [9.17, 15) is 39.9 Å². The molecule has 2 aromatic rings. The molecule has 9 unspecified atom stereocenters. The second-order valence-electron chi connectivity index (χ2n) is 14.3. The van der Waals surface area contributed by atoms with Crippen LogP contribution >= 0.6 is 0 Å². The number of carbonyl (C=O) groups excluding carboxylic acids is 3. The average molecular weight is 779 g/mol. The third-order valence-electron chi connectivity index (χ3n) is 10.4. The predicted octanol–water partition coefficient (Wildman–Crippen LogP) is 4.74. The number of Topliss-reactive ketones (excluding diaryl/α,β-unsaturated/α-hetero) is 1. The fraction of sp³-hybridized carbons (Fsp3) is 0.463. The van der Waals surface area contributed by atoms with E-state index < -0.39 is 88.8 Å². The number of esters is 1. The van der Waals surface area contributed by atoms with E-state index in [1.807, 2.05) is 0 Å². The van der Waals surface area contributed by atoms with Crippen LogP contribution in [0, 0.1) is 42.9 Å². The first-order valence-corrected chi connectivity index (χ1v) is 18.0. The van der Waals surface area contributed by atoms with Crippen molar-refractivity contribution in [3.05, 3.63) is 52.8 Å². The number of benzene rings is 2. The zero-order valence-corrected chi connectivity index (χ0v) is 32.8. The third-order valence-corrected chi connectivity index (χ3v) is 10.4. The Morgan fingerprint density at radius 1 is 1.02 bits per heavy atom. The van der Waals surface area contributed by atoms with Gasteiger partial charge in [-0.1, -0.05) is 57.0 Å². The minimum atomic E-state index is -2.07. The van der Waals surface area contributed by atoms with E-state index in [1.165, 1.54) is 53.2 Å². The summed E-state index contributed by atoms with van der Waals surface area (Å²) in [5.41, 5.74) is -0.792. The number of nitrogens with one attached hydrogen (secondary N) is 1. The van der Waals surface area contributed by atoms with Crippen LogP contribution in [0.4, 0.5) is 5.69 Å². The van der Waals surface area contributed by atoms with Gasteiger partial charge < -0.3 is 54.6 Å². The number of hydrogen-bond acceptors (Lipinski definition) is 14. The number of amides is 1. The summed E-state index contributed by atoms with van der Waals surface area (Å²) in [7, 11) is 1.42. The highest BCUT2D eigenvalue weighted by Crippen LogP contribution is 2.55. The Kier molecular flexibility index (Phi) is 13.5. The number of aromatic hydroxyl groups is 3. The van der Waals surface area contributed by atoms with Crippen LogP contribution < -0.4 is 10.1 Å². The zero-order chi connectivity index (χ0) is 41.8. The minimum Gasteiger partial charge on any atom is -0.507 e. The van der Waals surface area contributed by atoms with Crippen molar-refractivity contribution >= 4 is 40.3 Å².